The molecule has 2 rings (SSSR count). The van der Waals surface area contributed by atoms with Gasteiger partial charge in [0.1, 0.15) is 0 Å². The van der Waals surface area contributed by atoms with Gasteiger partial charge >= 0.3 is 0 Å². The van der Waals surface area contributed by atoms with Crippen molar-refractivity contribution >= 4 is 21.8 Å². The molecule has 1 aliphatic heterocycles. The average molecular weight is 330 g/mol. The molecule has 0 aromatic carbocycles. The van der Waals surface area contributed by atoms with Crippen molar-refractivity contribution in [3.05, 3.63) is 17.5 Å². The Morgan fingerprint density at radius 1 is 1.47 bits per heavy atom. The minimum atomic E-state index is -0.0454. The van der Waals surface area contributed by atoms with Gasteiger partial charge in [0.25, 0.3) is 0 Å². The average Bonchev–Trinajstić information content (AvgIpc) is 2.83. The second-order valence-electron chi connectivity index (χ2n) is 4.91. The van der Waals surface area contributed by atoms with E-state index in [4.69, 9.17) is 4.52 Å². The highest BCUT2D eigenvalue weighted by molar-refractivity contribution is 9.10. The van der Waals surface area contributed by atoms with Crippen molar-refractivity contribution in [2.24, 2.45) is 0 Å². The number of aromatic nitrogens is 1. The van der Waals surface area contributed by atoms with Crippen LogP contribution in [0.4, 0.5) is 0 Å². The van der Waals surface area contributed by atoms with Gasteiger partial charge in [-0.25, -0.2) is 0 Å². The van der Waals surface area contributed by atoms with Crippen LogP contribution < -0.4 is 0 Å². The summed E-state index contributed by atoms with van der Waals surface area (Å²) in [4.78, 5) is 16.2. The van der Waals surface area contributed by atoms with Crippen LogP contribution in [0.3, 0.4) is 0 Å². The van der Waals surface area contributed by atoms with E-state index in [1.165, 1.54) is 0 Å². The first-order valence-corrected chi connectivity index (χ1v) is 7.59. The zero-order valence-electron chi connectivity index (χ0n) is 11.4. The number of rotatable bonds is 4. The lowest BCUT2D eigenvalue weighted by atomic mass is 10.2. The molecule has 2 heterocycles. The van der Waals surface area contributed by atoms with Crippen LogP contribution in [0.1, 0.15) is 24.8 Å². The van der Waals surface area contributed by atoms with E-state index in [0.717, 1.165) is 50.6 Å². The Balaban J connectivity index is 1.81. The van der Waals surface area contributed by atoms with Gasteiger partial charge in [0.2, 0.25) is 5.91 Å². The van der Waals surface area contributed by atoms with Crippen LogP contribution in [-0.2, 0) is 11.3 Å². The maximum absolute atomic E-state index is 12.0. The Kier molecular flexibility index (Phi) is 4.99. The molecule has 0 bridgehead atoms. The molecule has 0 saturated carbocycles. The number of hydrogen-bond donors (Lipinski definition) is 0. The fourth-order valence-corrected chi connectivity index (χ4v) is 2.50. The van der Waals surface area contributed by atoms with Gasteiger partial charge in [0.15, 0.2) is 5.76 Å². The molecule has 0 aliphatic carbocycles. The SMILES string of the molecule is CCC(Br)C(=O)N1CCN(Cc2cc(C)no2)CC1. The maximum atomic E-state index is 12.0. The number of carbonyl (C=O) groups excluding carboxylic acids is 1. The molecule has 1 saturated heterocycles. The molecule has 0 N–H and O–H groups in total. The van der Waals surface area contributed by atoms with E-state index in [0.29, 0.717) is 0 Å². The van der Waals surface area contributed by atoms with Crippen molar-refractivity contribution < 1.29 is 9.32 Å². The van der Waals surface area contributed by atoms with Gasteiger partial charge in [-0.1, -0.05) is 28.0 Å². The first-order chi connectivity index (χ1) is 9.10. The summed E-state index contributed by atoms with van der Waals surface area (Å²) in [5.41, 5.74) is 0.911. The summed E-state index contributed by atoms with van der Waals surface area (Å²) < 4.78 is 5.22. The summed E-state index contributed by atoms with van der Waals surface area (Å²) >= 11 is 3.42. The molecule has 1 atom stereocenters. The number of amides is 1. The van der Waals surface area contributed by atoms with Gasteiger partial charge in [-0.2, -0.15) is 0 Å². The highest BCUT2D eigenvalue weighted by Gasteiger charge is 2.25. The molecule has 6 heteroatoms. The minimum Gasteiger partial charge on any atom is -0.360 e. The molecule has 5 nitrogen and oxygen atoms in total. The number of carbonyl (C=O) groups is 1. The van der Waals surface area contributed by atoms with Gasteiger partial charge in [0.05, 0.1) is 17.1 Å². The summed E-state index contributed by atoms with van der Waals surface area (Å²) in [6.07, 6.45) is 0.830. The van der Waals surface area contributed by atoms with Gasteiger partial charge in [-0.15, -0.1) is 0 Å². The molecule has 1 aromatic rings. The van der Waals surface area contributed by atoms with E-state index in [1.54, 1.807) is 0 Å². The van der Waals surface area contributed by atoms with E-state index in [-0.39, 0.29) is 10.7 Å². The number of alkyl halides is 1. The lowest BCUT2D eigenvalue weighted by Crippen LogP contribution is -2.50. The van der Waals surface area contributed by atoms with Crippen LogP contribution in [0.25, 0.3) is 0 Å². The van der Waals surface area contributed by atoms with Crippen LogP contribution in [-0.4, -0.2) is 51.9 Å². The molecule has 1 aliphatic rings. The first-order valence-electron chi connectivity index (χ1n) is 6.67. The predicted octanol–water partition coefficient (Wildman–Crippen LogP) is 1.80. The molecule has 1 amide bonds. The van der Waals surface area contributed by atoms with Crippen molar-refractivity contribution in [3.63, 3.8) is 0 Å². The molecule has 1 aromatic heterocycles. The van der Waals surface area contributed by atoms with Gasteiger partial charge in [-0.3, -0.25) is 9.69 Å². The largest absolute Gasteiger partial charge is 0.360 e. The molecular formula is C13H20BrN3O2. The van der Waals surface area contributed by atoms with Gasteiger partial charge in [0, 0.05) is 32.2 Å². The standard InChI is InChI=1S/C13H20BrN3O2/c1-3-12(14)13(18)17-6-4-16(5-7-17)9-11-8-10(2)15-19-11/h8,12H,3-7,9H2,1-2H3. The zero-order chi connectivity index (χ0) is 13.8. The number of piperazine rings is 1. The highest BCUT2D eigenvalue weighted by atomic mass is 79.9. The zero-order valence-corrected chi connectivity index (χ0v) is 13.0. The molecule has 0 spiro atoms. The summed E-state index contributed by atoms with van der Waals surface area (Å²) in [5, 5.41) is 3.89. The summed E-state index contributed by atoms with van der Waals surface area (Å²) in [7, 11) is 0. The molecule has 19 heavy (non-hydrogen) atoms. The Morgan fingerprint density at radius 2 is 2.16 bits per heavy atom. The quantitative estimate of drug-likeness (QED) is 0.790. The first kappa shape index (κ1) is 14.5. The lowest BCUT2D eigenvalue weighted by Gasteiger charge is -2.35. The van der Waals surface area contributed by atoms with Crippen molar-refractivity contribution in [2.45, 2.75) is 31.6 Å². The van der Waals surface area contributed by atoms with E-state index in [1.807, 2.05) is 24.8 Å². The predicted molar refractivity (Wildman–Crippen MR) is 76.1 cm³/mol. The van der Waals surface area contributed by atoms with Crippen molar-refractivity contribution in [1.82, 2.24) is 15.0 Å². The summed E-state index contributed by atoms with van der Waals surface area (Å²) in [5.74, 6) is 1.10. The van der Waals surface area contributed by atoms with E-state index in [9.17, 15) is 4.79 Å². The highest BCUT2D eigenvalue weighted by Crippen LogP contribution is 2.13. The Morgan fingerprint density at radius 3 is 2.68 bits per heavy atom. The Labute approximate surface area is 122 Å². The van der Waals surface area contributed by atoms with Crippen LogP contribution in [0, 0.1) is 6.92 Å². The fraction of sp³-hybridized carbons (Fsp3) is 0.692. The normalized spacial score (nSPS) is 18.6. The summed E-state index contributed by atoms with van der Waals surface area (Å²) in [6, 6.07) is 1.96. The monoisotopic (exact) mass is 329 g/mol. The number of halogens is 1. The van der Waals surface area contributed by atoms with Crippen LogP contribution >= 0.6 is 15.9 Å². The molecule has 1 unspecified atom stereocenters. The Bertz CT molecular complexity index is 427. The van der Waals surface area contributed by atoms with Crippen LogP contribution in [0.5, 0.6) is 0 Å². The van der Waals surface area contributed by atoms with Gasteiger partial charge < -0.3 is 9.42 Å². The lowest BCUT2D eigenvalue weighted by molar-refractivity contribution is -0.132. The van der Waals surface area contributed by atoms with Crippen molar-refractivity contribution in [3.8, 4) is 0 Å². The molecule has 0 radical (unpaired) electrons. The maximum Gasteiger partial charge on any atom is 0.236 e. The van der Waals surface area contributed by atoms with Gasteiger partial charge in [-0.05, 0) is 13.3 Å². The minimum absolute atomic E-state index is 0.0454. The van der Waals surface area contributed by atoms with Crippen LogP contribution in [0.2, 0.25) is 0 Å². The third-order valence-corrected chi connectivity index (χ3v) is 4.41. The number of hydrogen-bond acceptors (Lipinski definition) is 4. The second-order valence-corrected chi connectivity index (χ2v) is 6.02. The number of aryl methyl sites for hydroxylation is 1. The third kappa shape index (κ3) is 3.79. The van der Waals surface area contributed by atoms with Crippen molar-refractivity contribution in [1.29, 1.82) is 0 Å². The number of nitrogens with zero attached hydrogens (tertiary/aromatic N) is 3. The molecule has 1 fully saturated rings. The second kappa shape index (κ2) is 6.52. The van der Waals surface area contributed by atoms with E-state index >= 15 is 0 Å². The third-order valence-electron chi connectivity index (χ3n) is 3.37. The topological polar surface area (TPSA) is 49.6 Å². The Hall–Kier alpha value is -0.880. The van der Waals surface area contributed by atoms with Crippen molar-refractivity contribution in [2.75, 3.05) is 26.2 Å². The molecule has 106 valence electrons. The fourth-order valence-electron chi connectivity index (χ4n) is 2.21. The smallest absolute Gasteiger partial charge is 0.236 e. The van der Waals surface area contributed by atoms with Crippen LogP contribution in [0.15, 0.2) is 10.6 Å². The summed E-state index contributed by atoms with van der Waals surface area (Å²) in [6.45, 7) is 8.05. The molecular weight excluding hydrogens is 310 g/mol. The van der Waals surface area contributed by atoms with E-state index in [2.05, 4.69) is 26.0 Å². The van der Waals surface area contributed by atoms with E-state index < -0.39 is 0 Å².